The van der Waals surface area contributed by atoms with E-state index < -0.39 is 32.0 Å². The van der Waals surface area contributed by atoms with Gasteiger partial charge in [-0.2, -0.15) is 5.26 Å². The molecule has 2 unspecified atom stereocenters. The number of benzene rings is 2. The zero-order chi connectivity index (χ0) is 30.1. The third-order valence-electron chi connectivity index (χ3n) is 7.37. The molecular weight excluding hydrogens is 540 g/mol. The third-order valence-corrected chi connectivity index (χ3v) is 9.08. The number of esters is 1. The monoisotopic (exact) mass is 576 g/mol. The molecule has 11 heteroatoms. The van der Waals surface area contributed by atoms with Crippen molar-refractivity contribution in [1.82, 2.24) is 14.1 Å². The summed E-state index contributed by atoms with van der Waals surface area (Å²) in [6.45, 7) is 11.2. The van der Waals surface area contributed by atoms with Gasteiger partial charge >= 0.3 is 12.1 Å². The van der Waals surface area contributed by atoms with E-state index in [0.717, 1.165) is 16.1 Å². The van der Waals surface area contributed by atoms with Crippen molar-refractivity contribution in [2.75, 3.05) is 20.8 Å². The lowest BCUT2D eigenvalue weighted by atomic mass is 9.83. The summed E-state index contributed by atoms with van der Waals surface area (Å²) in [5.74, 6) is -0.883. The third kappa shape index (κ3) is 5.85. The largest absolute Gasteiger partial charge is 0.496 e. The van der Waals surface area contributed by atoms with Crippen LogP contribution in [0, 0.1) is 24.2 Å². The highest BCUT2D eigenvalue weighted by atomic mass is 28.3. The molecule has 0 fully saturated rings. The Kier molecular flexibility index (Phi) is 8.56. The number of hydrogen-bond donors (Lipinski definition) is 1. The minimum absolute atomic E-state index is 0.181. The second-order valence-electron chi connectivity index (χ2n) is 11.4. The van der Waals surface area contributed by atoms with E-state index in [0.29, 0.717) is 51.3 Å². The van der Waals surface area contributed by atoms with Crippen molar-refractivity contribution in [2.45, 2.75) is 52.2 Å². The Morgan fingerprint density at radius 1 is 1.17 bits per heavy atom. The number of nitrogens with zero attached hydrogens (tertiary/aromatic N) is 4. The molecule has 0 amide bonds. The first-order chi connectivity index (χ1) is 19.4. The molecule has 0 radical (unpaired) electrons. The molecule has 10 nitrogen and oxygen atoms in total. The van der Waals surface area contributed by atoms with Gasteiger partial charge in [0.25, 0.3) is 0 Å². The number of carbonyl (C=O) groups is 2. The summed E-state index contributed by atoms with van der Waals surface area (Å²) < 4.78 is 20.3. The van der Waals surface area contributed by atoms with Gasteiger partial charge in [-0.1, -0.05) is 26.6 Å². The molecular formula is C30H36N4O6Si. The summed E-state index contributed by atoms with van der Waals surface area (Å²) in [5.41, 5.74) is 3.61. The number of ether oxygens (including phenoxy) is 3. The SMILES string of the molecule is COC(=O)C(C)C(c1c(OC)cc(C)c2c1ccn2C(=O)O)c1nc2cc(C#N)ccc2n1COCC[Si](C)(C)C. The molecule has 2 aromatic carbocycles. The van der Waals surface area contributed by atoms with E-state index in [1.54, 1.807) is 38.3 Å². The first-order valence-corrected chi connectivity index (χ1v) is 17.1. The van der Waals surface area contributed by atoms with Crippen LogP contribution in [0.4, 0.5) is 4.79 Å². The van der Waals surface area contributed by atoms with Gasteiger partial charge in [0.15, 0.2) is 0 Å². The number of aryl methyl sites for hydroxylation is 1. The Hall–Kier alpha value is -4.14. The Morgan fingerprint density at radius 2 is 1.90 bits per heavy atom. The predicted molar refractivity (Wildman–Crippen MR) is 158 cm³/mol. The Bertz CT molecular complexity index is 1660. The molecule has 0 spiro atoms. The molecule has 4 rings (SSSR count). The number of rotatable bonds is 10. The fourth-order valence-electron chi connectivity index (χ4n) is 5.23. The molecule has 0 aliphatic heterocycles. The second-order valence-corrected chi connectivity index (χ2v) is 17.0. The average Bonchev–Trinajstić information content (AvgIpc) is 3.53. The molecule has 0 saturated heterocycles. The lowest BCUT2D eigenvalue weighted by Gasteiger charge is -2.26. The first-order valence-electron chi connectivity index (χ1n) is 13.4. The molecule has 216 valence electrons. The van der Waals surface area contributed by atoms with Crippen LogP contribution in [0.1, 0.15) is 35.4 Å². The van der Waals surface area contributed by atoms with Crippen molar-refractivity contribution in [3.8, 4) is 11.8 Å². The number of hydrogen-bond acceptors (Lipinski definition) is 7. The summed E-state index contributed by atoms with van der Waals surface area (Å²) in [6.07, 6.45) is 0.369. The predicted octanol–water partition coefficient (Wildman–Crippen LogP) is 5.96. The van der Waals surface area contributed by atoms with Crippen LogP contribution < -0.4 is 4.74 Å². The fourth-order valence-corrected chi connectivity index (χ4v) is 5.98. The molecule has 0 aliphatic carbocycles. The first kappa shape index (κ1) is 29.8. The Labute approximate surface area is 240 Å². The number of carboxylic acid groups (broad SMARTS) is 1. The van der Waals surface area contributed by atoms with E-state index in [4.69, 9.17) is 19.2 Å². The molecule has 0 saturated carbocycles. The van der Waals surface area contributed by atoms with Gasteiger partial charge in [0.05, 0.1) is 54.2 Å². The summed E-state index contributed by atoms with van der Waals surface area (Å²) in [6, 6.07) is 11.9. The van der Waals surface area contributed by atoms with Crippen molar-refractivity contribution in [2.24, 2.45) is 5.92 Å². The van der Waals surface area contributed by atoms with Crippen molar-refractivity contribution < 1.29 is 28.9 Å². The van der Waals surface area contributed by atoms with Gasteiger partial charge in [0.2, 0.25) is 0 Å². The molecule has 2 atom stereocenters. The molecule has 41 heavy (non-hydrogen) atoms. The van der Waals surface area contributed by atoms with E-state index in [1.807, 2.05) is 17.6 Å². The maximum atomic E-state index is 13.1. The lowest BCUT2D eigenvalue weighted by molar-refractivity contribution is -0.145. The number of imidazole rings is 1. The molecule has 1 N–H and O–H groups in total. The molecule has 2 heterocycles. The van der Waals surface area contributed by atoms with Crippen LogP contribution in [0.2, 0.25) is 25.7 Å². The topological polar surface area (TPSA) is 129 Å². The van der Waals surface area contributed by atoms with Gasteiger partial charge in [0.1, 0.15) is 18.3 Å². The summed E-state index contributed by atoms with van der Waals surface area (Å²) in [7, 11) is 1.53. The number of aromatic nitrogens is 3. The van der Waals surface area contributed by atoms with Gasteiger partial charge < -0.3 is 23.9 Å². The van der Waals surface area contributed by atoms with Crippen LogP contribution in [0.15, 0.2) is 36.5 Å². The van der Waals surface area contributed by atoms with E-state index in [1.165, 1.54) is 13.3 Å². The minimum atomic E-state index is -1.34. The molecule has 0 aliphatic rings. The molecule has 2 aromatic heterocycles. The van der Waals surface area contributed by atoms with Crippen LogP contribution in [0.25, 0.3) is 21.9 Å². The number of fused-ring (bicyclic) bond motifs is 2. The standard InChI is InChI=1S/C30H36N4O6Si/c1-18-14-24(38-3)26(21-10-11-33(27(18)21)30(36)37)25(19(2)29(35)39-4)28-32-22-15-20(16-31)8-9-23(22)34(28)17-40-12-13-41(5,6)7/h8-11,14-15,19,25H,12-13,17H2,1-7H3,(H,36,37). The quantitative estimate of drug-likeness (QED) is 0.139. The number of carbonyl (C=O) groups excluding carboxylic acids is 1. The molecule has 4 aromatic rings. The van der Waals surface area contributed by atoms with E-state index >= 15 is 0 Å². The molecule has 0 bridgehead atoms. The van der Waals surface area contributed by atoms with Crippen LogP contribution in [-0.4, -0.2) is 60.2 Å². The minimum Gasteiger partial charge on any atom is -0.496 e. The van der Waals surface area contributed by atoms with Gasteiger partial charge in [-0.25, -0.2) is 9.78 Å². The highest BCUT2D eigenvalue weighted by Gasteiger charge is 2.36. The van der Waals surface area contributed by atoms with E-state index in [2.05, 4.69) is 25.7 Å². The average molecular weight is 577 g/mol. The summed E-state index contributed by atoms with van der Waals surface area (Å²) in [5, 5.41) is 20.0. The van der Waals surface area contributed by atoms with Crippen LogP contribution in [0.3, 0.4) is 0 Å². The summed E-state index contributed by atoms with van der Waals surface area (Å²) >= 11 is 0. The van der Waals surface area contributed by atoms with Crippen molar-refractivity contribution >= 4 is 42.1 Å². The van der Waals surface area contributed by atoms with Gasteiger partial charge in [-0.3, -0.25) is 9.36 Å². The van der Waals surface area contributed by atoms with Crippen molar-refractivity contribution in [3.63, 3.8) is 0 Å². The van der Waals surface area contributed by atoms with Crippen LogP contribution in [-0.2, 0) is 21.0 Å². The number of nitriles is 1. The smallest absolute Gasteiger partial charge is 0.416 e. The maximum absolute atomic E-state index is 13.1. The van der Waals surface area contributed by atoms with Crippen LogP contribution in [0.5, 0.6) is 5.75 Å². The zero-order valence-corrected chi connectivity index (χ0v) is 25.5. The van der Waals surface area contributed by atoms with Gasteiger partial charge in [-0.05, 0) is 48.9 Å². The highest BCUT2D eigenvalue weighted by molar-refractivity contribution is 6.76. The van der Waals surface area contributed by atoms with Gasteiger partial charge in [-0.15, -0.1) is 0 Å². The van der Waals surface area contributed by atoms with Crippen LogP contribution >= 0.6 is 0 Å². The Balaban J connectivity index is 2.02. The van der Waals surface area contributed by atoms with Gasteiger partial charge in [0, 0.05) is 31.8 Å². The summed E-state index contributed by atoms with van der Waals surface area (Å²) in [4.78, 5) is 30.2. The maximum Gasteiger partial charge on any atom is 0.416 e. The van der Waals surface area contributed by atoms with E-state index in [9.17, 15) is 20.0 Å². The van der Waals surface area contributed by atoms with Crippen molar-refractivity contribution in [1.29, 1.82) is 5.26 Å². The normalized spacial score (nSPS) is 13.2. The zero-order valence-electron chi connectivity index (χ0n) is 24.5. The fraction of sp³-hybridized carbons (Fsp3) is 0.400. The second kappa shape index (κ2) is 11.8. The number of methoxy groups -OCH3 is 2. The van der Waals surface area contributed by atoms with Crippen molar-refractivity contribution in [3.05, 3.63) is 59.0 Å². The Morgan fingerprint density at radius 3 is 2.51 bits per heavy atom. The lowest BCUT2D eigenvalue weighted by Crippen LogP contribution is -2.26. The highest BCUT2D eigenvalue weighted by Crippen LogP contribution is 2.44. The van der Waals surface area contributed by atoms with E-state index in [-0.39, 0.29) is 6.73 Å².